The Morgan fingerprint density at radius 2 is 1.74 bits per heavy atom. The van der Waals surface area contributed by atoms with Gasteiger partial charge in [-0.05, 0) is 37.1 Å². The summed E-state index contributed by atoms with van der Waals surface area (Å²) < 4.78 is 11.1. The highest BCUT2D eigenvalue weighted by Crippen LogP contribution is 2.29. The molecular formula is C27H23ClN2O5. The van der Waals surface area contributed by atoms with Gasteiger partial charge in [0.25, 0.3) is 0 Å². The van der Waals surface area contributed by atoms with Gasteiger partial charge in [-0.25, -0.2) is 0 Å². The first-order valence-electron chi connectivity index (χ1n) is 11.0. The van der Waals surface area contributed by atoms with Crippen LogP contribution >= 0.6 is 11.6 Å². The van der Waals surface area contributed by atoms with Crippen LogP contribution in [0.25, 0.3) is 22.6 Å². The first kappa shape index (κ1) is 24.2. The number of ether oxygens (including phenoxy) is 1. The van der Waals surface area contributed by atoms with Crippen molar-refractivity contribution in [1.82, 2.24) is 10.1 Å². The number of aryl methyl sites for hydroxylation is 1. The molecule has 2 aromatic carbocycles. The Bertz CT molecular complexity index is 1350. The predicted octanol–water partition coefficient (Wildman–Crippen LogP) is 5.84. The molecule has 0 aliphatic rings. The molecule has 0 aliphatic heterocycles. The highest BCUT2D eigenvalue weighted by Gasteiger charge is 2.22. The third kappa shape index (κ3) is 5.75. The van der Waals surface area contributed by atoms with Crippen LogP contribution < -0.4 is 0 Å². The number of pyridine rings is 1. The first-order chi connectivity index (χ1) is 16.8. The van der Waals surface area contributed by atoms with Crippen molar-refractivity contribution in [3.63, 3.8) is 0 Å². The number of hydrogen-bond donors (Lipinski definition) is 1. The quantitative estimate of drug-likeness (QED) is 0.309. The lowest BCUT2D eigenvalue weighted by Crippen LogP contribution is -2.12. The van der Waals surface area contributed by atoms with Crippen LogP contribution in [0.3, 0.4) is 0 Å². The third-order valence-corrected chi connectivity index (χ3v) is 5.94. The molecule has 4 aromatic rings. The molecule has 1 atom stereocenters. The van der Waals surface area contributed by atoms with Crippen LogP contribution in [0.4, 0.5) is 0 Å². The van der Waals surface area contributed by atoms with E-state index in [9.17, 15) is 9.59 Å². The maximum absolute atomic E-state index is 12.7. The minimum atomic E-state index is -0.871. The molecule has 0 fully saturated rings. The average molecular weight is 491 g/mol. The zero-order valence-corrected chi connectivity index (χ0v) is 20.0. The van der Waals surface area contributed by atoms with Gasteiger partial charge in [-0.1, -0.05) is 65.3 Å². The van der Waals surface area contributed by atoms with Crippen LogP contribution in [-0.4, -0.2) is 27.2 Å². The maximum atomic E-state index is 12.7. The predicted molar refractivity (Wildman–Crippen MR) is 131 cm³/mol. The fourth-order valence-corrected chi connectivity index (χ4v) is 4.03. The van der Waals surface area contributed by atoms with Gasteiger partial charge in [-0.2, -0.15) is 0 Å². The van der Waals surface area contributed by atoms with Crippen molar-refractivity contribution < 1.29 is 24.0 Å². The number of hydrogen-bond acceptors (Lipinski definition) is 6. The Morgan fingerprint density at radius 3 is 2.40 bits per heavy atom. The van der Waals surface area contributed by atoms with Crippen molar-refractivity contribution >= 4 is 23.5 Å². The fraction of sp³-hybridized carbons (Fsp3) is 0.185. The second-order valence-corrected chi connectivity index (χ2v) is 8.51. The normalized spacial score (nSPS) is 11.7. The number of carboxylic acids is 1. The van der Waals surface area contributed by atoms with E-state index >= 15 is 0 Å². The van der Waals surface area contributed by atoms with Crippen LogP contribution in [0.1, 0.15) is 35.4 Å². The molecule has 0 spiro atoms. The summed E-state index contributed by atoms with van der Waals surface area (Å²) in [6.07, 6.45) is 1.15. The number of carbonyl (C=O) groups excluding carboxylic acids is 1. The second kappa shape index (κ2) is 10.5. The molecule has 1 N–H and O–H groups in total. The Balaban J connectivity index is 1.48. The van der Waals surface area contributed by atoms with E-state index < -0.39 is 18.0 Å². The van der Waals surface area contributed by atoms with Crippen molar-refractivity contribution in [1.29, 1.82) is 0 Å². The maximum Gasteiger partial charge on any atom is 0.311 e. The lowest BCUT2D eigenvalue weighted by Gasteiger charge is -2.15. The summed E-state index contributed by atoms with van der Waals surface area (Å²) in [7, 11) is 0. The molecular weight excluding hydrogens is 468 g/mol. The van der Waals surface area contributed by atoms with Gasteiger partial charge in [0.05, 0.1) is 18.5 Å². The number of rotatable bonds is 8. The van der Waals surface area contributed by atoms with Crippen molar-refractivity contribution in [3.8, 4) is 22.6 Å². The summed E-state index contributed by atoms with van der Waals surface area (Å²) in [6, 6.07) is 18.2. The van der Waals surface area contributed by atoms with E-state index in [1.165, 1.54) is 0 Å². The van der Waals surface area contributed by atoms with Gasteiger partial charge in [0, 0.05) is 27.9 Å². The summed E-state index contributed by atoms with van der Waals surface area (Å²) in [5.41, 5.74) is 4.97. The lowest BCUT2D eigenvalue weighted by molar-refractivity contribution is -0.147. The van der Waals surface area contributed by atoms with Gasteiger partial charge >= 0.3 is 11.9 Å². The summed E-state index contributed by atoms with van der Waals surface area (Å²) in [4.78, 5) is 28.0. The van der Waals surface area contributed by atoms with Crippen LogP contribution in [-0.2, 0) is 27.2 Å². The Morgan fingerprint density at radius 1 is 1.03 bits per heavy atom. The SMILES string of the molecule is Cc1noc(-c2ccc(-c3ccc(CC(=O)O)cc3)cn2)c1CC(=O)OC(C)c1ccccc1Cl. The van der Waals surface area contributed by atoms with Crippen molar-refractivity contribution in [2.45, 2.75) is 32.8 Å². The smallest absolute Gasteiger partial charge is 0.311 e. The highest BCUT2D eigenvalue weighted by atomic mass is 35.5. The van der Waals surface area contributed by atoms with Gasteiger partial charge in [0.15, 0.2) is 5.76 Å². The Labute approximate surface area is 207 Å². The van der Waals surface area contributed by atoms with Crippen molar-refractivity contribution in [2.75, 3.05) is 0 Å². The van der Waals surface area contributed by atoms with Crippen molar-refractivity contribution in [2.24, 2.45) is 0 Å². The number of halogens is 1. The van der Waals surface area contributed by atoms with Crippen LogP contribution in [0, 0.1) is 6.92 Å². The molecule has 0 saturated heterocycles. The van der Waals surface area contributed by atoms with Gasteiger partial charge < -0.3 is 14.4 Å². The summed E-state index contributed by atoms with van der Waals surface area (Å²) in [5.74, 6) is -0.889. The molecule has 0 saturated carbocycles. The number of aromatic nitrogens is 2. The zero-order valence-electron chi connectivity index (χ0n) is 19.2. The molecule has 178 valence electrons. The van der Waals surface area contributed by atoms with Gasteiger partial charge in [0.2, 0.25) is 0 Å². The number of benzene rings is 2. The molecule has 7 nitrogen and oxygen atoms in total. The van der Waals surface area contributed by atoms with Gasteiger partial charge in [0.1, 0.15) is 11.8 Å². The molecule has 2 aromatic heterocycles. The molecule has 1 unspecified atom stereocenters. The first-order valence-corrected chi connectivity index (χ1v) is 11.4. The van der Waals surface area contributed by atoms with E-state index in [1.54, 1.807) is 44.3 Å². The van der Waals surface area contributed by atoms with Crippen molar-refractivity contribution in [3.05, 3.63) is 94.3 Å². The number of carboxylic acid groups (broad SMARTS) is 1. The molecule has 2 heterocycles. The fourth-order valence-electron chi connectivity index (χ4n) is 3.74. The van der Waals surface area contributed by atoms with E-state index in [-0.39, 0.29) is 12.8 Å². The second-order valence-electron chi connectivity index (χ2n) is 8.11. The van der Waals surface area contributed by atoms with Crippen LogP contribution in [0.2, 0.25) is 5.02 Å². The minimum absolute atomic E-state index is 0.0199. The van der Waals surface area contributed by atoms with Gasteiger partial charge in [-0.3, -0.25) is 14.6 Å². The molecule has 0 radical (unpaired) electrons. The lowest BCUT2D eigenvalue weighted by atomic mass is 10.0. The molecule has 0 bridgehead atoms. The van der Waals surface area contributed by atoms with E-state index in [1.807, 2.05) is 36.4 Å². The van der Waals surface area contributed by atoms with E-state index in [2.05, 4.69) is 10.1 Å². The standard InChI is InChI=1S/C27H23ClN2O5/c1-16-22(14-26(33)34-17(2)21-5-3-4-6-23(21)28)27(35-30-16)24-12-11-20(15-29-24)19-9-7-18(8-10-19)13-25(31)32/h3-12,15,17H,13-14H2,1-2H3,(H,31,32). The topological polar surface area (TPSA) is 103 Å². The summed E-state index contributed by atoms with van der Waals surface area (Å²) in [5, 5.41) is 13.5. The van der Waals surface area contributed by atoms with E-state index in [0.717, 1.165) is 22.3 Å². The number of nitrogens with zero attached hydrogens (tertiary/aromatic N) is 2. The number of carbonyl (C=O) groups is 2. The molecule has 0 amide bonds. The number of aliphatic carboxylic acids is 1. The monoisotopic (exact) mass is 490 g/mol. The molecule has 0 aliphatic carbocycles. The summed E-state index contributed by atoms with van der Waals surface area (Å²) in [6.45, 7) is 3.54. The third-order valence-electron chi connectivity index (χ3n) is 5.60. The Kier molecular flexibility index (Phi) is 7.27. The Hall–Kier alpha value is -3.97. The van der Waals surface area contributed by atoms with E-state index in [4.69, 9.17) is 26.0 Å². The molecule has 35 heavy (non-hydrogen) atoms. The summed E-state index contributed by atoms with van der Waals surface area (Å²) >= 11 is 6.21. The largest absolute Gasteiger partial charge is 0.481 e. The zero-order chi connectivity index (χ0) is 24.9. The molecule has 4 rings (SSSR count). The van der Waals surface area contributed by atoms with Crippen LogP contribution in [0.5, 0.6) is 0 Å². The minimum Gasteiger partial charge on any atom is -0.481 e. The molecule has 8 heteroatoms. The highest BCUT2D eigenvalue weighted by molar-refractivity contribution is 6.31. The average Bonchev–Trinajstić information content (AvgIpc) is 3.19. The van der Waals surface area contributed by atoms with Gasteiger partial charge in [-0.15, -0.1) is 0 Å². The van der Waals surface area contributed by atoms with E-state index in [0.29, 0.717) is 27.7 Å². The van der Waals surface area contributed by atoms with Crippen LogP contribution in [0.15, 0.2) is 71.4 Å². The number of esters is 1.